The third-order valence-electron chi connectivity index (χ3n) is 2.34. The smallest absolute Gasteiger partial charge is 0.161 e. The summed E-state index contributed by atoms with van der Waals surface area (Å²) >= 11 is 0. The van der Waals surface area contributed by atoms with Gasteiger partial charge in [0.1, 0.15) is 12.2 Å². The highest BCUT2D eigenvalue weighted by Gasteiger charge is 2.17. The summed E-state index contributed by atoms with van der Waals surface area (Å²) in [5.41, 5.74) is 5.74. The van der Waals surface area contributed by atoms with E-state index in [0.29, 0.717) is 17.1 Å². The monoisotopic (exact) mass is 269 g/mol. The van der Waals surface area contributed by atoms with Gasteiger partial charge in [0.05, 0.1) is 12.7 Å². The van der Waals surface area contributed by atoms with Crippen LogP contribution in [0.2, 0.25) is 0 Å². The van der Waals surface area contributed by atoms with Gasteiger partial charge in [-0.05, 0) is 38.5 Å². The maximum absolute atomic E-state index is 9.73. The first-order chi connectivity index (χ1) is 8.87. The van der Waals surface area contributed by atoms with Crippen LogP contribution in [0.15, 0.2) is 18.2 Å². The molecular weight excluding hydrogens is 246 g/mol. The van der Waals surface area contributed by atoms with Gasteiger partial charge in [-0.25, -0.2) is 0 Å². The number of aliphatic hydroxyl groups excluding tert-OH is 2. The lowest BCUT2D eigenvalue weighted by molar-refractivity contribution is 0.120. The van der Waals surface area contributed by atoms with Crippen LogP contribution in [-0.2, 0) is 0 Å². The van der Waals surface area contributed by atoms with Crippen LogP contribution in [0.4, 0.5) is 0 Å². The minimum atomic E-state index is -0.736. The fraction of sp³-hybridized carbons (Fsp3) is 0.571. The van der Waals surface area contributed by atoms with Crippen molar-refractivity contribution in [1.29, 1.82) is 0 Å². The molecule has 0 aromatic heterocycles. The Balaban J connectivity index is 3.01. The summed E-state index contributed by atoms with van der Waals surface area (Å²) in [5.74, 6) is 1.07. The SMILES string of the molecule is CC(C)(C)Oc1ccc(C(O)CN)cc1OCCO. The van der Waals surface area contributed by atoms with Crippen molar-refractivity contribution >= 4 is 0 Å². The average Bonchev–Trinajstić information content (AvgIpc) is 2.35. The molecule has 19 heavy (non-hydrogen) atoms. The van der Waals surface area contributed by atoms with Gasteiger partial charge in [-0.2, -0.15) is 0 Å². The van der Waals surface area contributed by atoms with Gasteiger partial charge in [-0.1, -0.05) is 6.07 Å². The number of hydrogen-bond acceptors (Lipinski definition) is 5. The summed E-state index contributed by atoms with van der Waals surface area (Å²) in [6, 6.07) is 5.19. The van der Waals surface area contributed by atoms with Crippen molar-refractivity contribution in [3.63, 3.8) is 0 Å². The minimum absolute atomic E-state index is 0.0847. The molecule has 1 rings (SSSR count). The van der Waals surface area contributed by atoms with Crippen LogP contribution in [-0.4, -0.2) is 35.6 Å². The second kappa shape index (κ2) is 6.75. The van der Waals surface area contributed by atoms with Gasteiger partial charge in [0.2, 0.25) is 0 Å². The van der Waals surface area contributed by atoms with Crippen molar-refractivity contribution in [2.45, 2.75) is 32.5 Å². The number of ether oxygens (including phenoxy) is 2. The van der Waals surface area contributed by atoms with E-state index in [1.54, 1.807) is 18.2 Å². The minimum Gasteiger partial charge on any atom is -0.487 e. The molecule has 4 N–H and O–H groups in total. The number of aliphatic hydroxyl groups is 2. The summed E-state index contributed by atoms with van der Waals surface area (Å²) in [6.45, 7) is 6.03. The summed E-state index contributed by atoms with van der Waals surface area (Å²) in [5, 5.41) is 18.6. The molecule has 0 amide bonds. The first-order valence-corrected chi connectivity index (χ1v) is 6.32. The molecule has 0 saturated heterocycles. The van der Waals surface area contributed by atoms with Crippen molar-refractivity contribution in [3.8, 4) is 11.5 Å². The first-order valence-electron chi connectivity index (χ1n) is 6.32. The predicted molar refractivity (Wildman–Crippen MR) is 73.4 cm³/mol. The van der Waals surface area contributed by atoms with Crippen LogP contribution >= 0.6 is 0 Å². The van der Waals surface area contributed by atoms with Crippen molar-refractivity contribution in [1.82, 2.24) is 0 Å². The van der Waals surface area contributed by atoms with Crippen LogP contribution in [0.1, 0.15) is 32.4 Å². The van der Waals surface area contributed by atoms with E-state index in [2.05, 4.69) is 0 Å². The van der Waals surface area contributed by atoms with Gasteiger partial charge in [-0.3, -0.25) is 0 Å². The van der Waals surface area contributed by atoms with Gasteiger partial charge >= 0.3 is 0 Å². The van der Waals surface area contributed by atoms with Crippen LogP contribution in [0, 0.1) is 0 Å². The molecule has 1 atom stereocenters. The van der Waals surface area contributed by atoms with Gasteiger partial charge in [0.25, 0.3) is 0 Å². The lowest BCUT2D eigenvalue weighted by atomic mass is 10.1. The molecule has 0 aliphatic carbocycles. The van der Waals surface area contributed by atoms with E-state index >= 15 is 0 Å². The molecule has 0 radical (unpaired) electrons. The molecule has 1 aromatic carbocycles. The van der Waals surface area contributed by atoms with E-state index in [0.717, 1.165) is 0 Å². The molecule has 0 spiro atoms. The Labute approximate surface area is 114 Å². The zero-order valence-electron chi connectivity index (χ0n) is 11.7. The van der Waals surface area contributed by atoms with Gasteiger partial charge in [0, 0.05) is 6.54 Å². The second-order valence-corrected chi connectivity index (χ2v) is 5.24. The topological polar surface area (TPSA) is 84.9 Å². The Kier molecular flexibility index (Phi) is 5.60. The maximum Gasteiger partial charge on any atom is 0.161 e. The van der Waals surface area contributed by atoms with Crippen molar-refractivity contribution in [3.05, 3.63) is 23.8 Å². The largest absolute Gasteiger partial charge is 0.487 e. The molecular formula is C14H23NO4. The lowest BCUT2D eigenvalue weighted by Gasteiger charge is -2.24. The molecule has 0 aliphatic heterocycles. The van der Waals surface area contributed by atoms with Gasteiger partial charge < -0.3 is 25.4 Å². The van der Waals surface area contributed by atoms with E-state index in [9.17, 15) is 5.11 Å². The highest BCUT2D eigenvalue weighted by Crippen LogP contribution is 2.32. The van der Waals surface area contributed by atoms with Gasteiger partial charge in [-0.15, -0.1) is 0 Å². The van der Waals surface area contributed by atoms with Gasteiger partial charge in [0.15, 0.2) is 11.5 Å². The van der Waals surface area contributed by atoms with Crippen LogP contribution in [0.5, 0.6) is 11.5 Å². The Morgan fingerprint density at radius 3 is 2.47 bits per heavy atom. The fourth-order valence-corrected chi connectivity index (χ4v) is 1.55. The molecule has 1 unspecified atom stereocenters. The summed E-state index contributed by atoms with van der Waals surface area (Å²) < 4.78 is 11.2. The molecule has 0 aliphatic rings. The number of hydrogen-bond donors (Lipinski definition) is 3. The predicted octanol–water partition coefficient (Wildman–Crippen LogP) is 1.23. The molecule has 0 saturated carbocycles. The zero-order valence-corrected chi connectivity index (χ0v) is 11.7. The van der Waals surface area contributed by atoms with E-state index in [1.807, 2.05) is 20.8 Å². The summed E-state index contributed by atoms with van der Waals surface area (Å²) in [4.78, 5) is 0. The summed E-state index contributed by atoms with van der Waals surface area (Å²) in [6.07, 6.45) is -0.736. The van der Waals surface area contributed by atoms with Crippen molar-refractivity contribution in [2.75, 3.05) is 19.8 Å². The number of rotatable bonds is 6. The molecule has 0 bridgehead atoms. The Bertz CT molecular complexity index is 401. The first kappa shape index (κ1) is 15.8. The Morgan fingerprint density at radius 2 is 1.95 bits per heavy atom. The molecule has 1 aromatic rings. The van der Waals surface area contributed by atoms with E-state index < -0.39 is 6.10 Å². The quantitative estimate of drug-likeness (QED) is 0.723. The second-order valence-electron chi connectivity index (χ2n) is 5.24. The standard InChI is InChI=1S/C14H23NO4/c1-14(2,3)19-12-5-4-10(11(17)9-15)8-13(12)18-7-6-16/h4-5,8,11,16-17H,6-7,9,15H2,1-3H3. The molecule has 5 nitrogen and oxygen atoms in total. The van der Waals surface area contributed by atoms with Crippen molar-refractivity contribution < 1.29 is 19.7 Å². The van der Waals surface area contributed by atoms with E-state index in [4.69, 9.17) is 20.3 Å². The highest BCUT2D eigenvalue weighted by molar-refractivity contribution is 5.44. The molecule has 0 heterocycles. The number of nitrogens with two attached hydrogens (primary N) is 1. The number of benzene rings is 1. The fourth-order valence-electron chi connectivity index (χ4n) is 1.55. The molecule has 0 fully saturated rings. The third-order valence-corrected chi connectivity index (χ3v) is 2.34. The maximum atomic E-state index is 9.73. The molecule has 5 heteroatoms. The normalized spacial score (nSPS) is 13.2. The Morgan fingerprint density at radius 1 is 1.26 bits per heavy atom. The average molecular weight is 269 g/mol. The lowest BCUT2D eigenvalue weighted by Crippen LogP contribution is -2.23. The van der Waals surface area contributed by atoms with Crippen LogP contribution < -0.4 is 15.2 Å². The zero-order chi connectivity index (χ0) is 14.5. The van der Waals surface area contributed by atoms with Crippen LogP contribution in [0.25, 0.3) is 0 Å². The van der Waals surface area contributed by atoms with Crippen LogP contribution in [0.3, 0.4) is 0 Å². The molecule has 108 valence electrons. The van der Waals surface area contributed by atoms with E-state index in [1.165, 1.54) is 0 Å². The van der Waals surface area contributed by atoms with Crippen molar-refractivity contribution in [2.24, 2.45) is 5.73 Å². The Hall–Kier alpha value is -1.30. The third kappa shape index (κ3) is 5.06. The highest BCUT2D eigenvalue weighted by atomic mass is 16.5. The van der Waals surface area contributed by atoms with E-state index in [-0.39, 0.29) is 25.4 Å². The summed E-state index contributed by atoms with van der Waals surface area (Å²) in [7, 11) is 0.